The van der Waals surface area contributed by atoms with E-state index in [1.54, 1.807) is 24.0 Å². The molecule has 7 heteroatoms. The molecule has 0 bridgehead atoms. The van der Waals surface area contributed by atoms with E-state index in [4.69, 9.17) is 4.74 Å². The number of allylic oxidation sites excluding steroid dienone is 1. The fourth-order valence-corrected chi connectivity index (χ4v) is 3.85. The Labute approximate surface area is 201 Å². The van der Waals surface area contributed by atoms with Gasteiger partial charge < -0.3 is 15.4 Å². The Bertz CT molecular complexity index is 1050. The summed E-state index contributed by atoms with van der Waals surface area (Å²) < 4.78 is 5.53. The number of anilines is 1. The number of ether oxygens (including phenoxy) is 1. The first-order chi connectivity index (χ1) is 16.3. The van der Waals surface area contributed by atoms with Crippen LogP contribution in [0.3, 0.4) is 0 Å². The van der Waals surface area contributed by atoms with Crippen LogP contribution in [0.1, 0.15) is 51.3 Å². The van der Waals surface area contributed by atoms with E-state index in [0.29, 0.717) is 30.1 Å². The van der Waals surface area contributed by atoms with Crippen LogP contribution in [-0.4, -0.2) is 36.0 Å². The van der Waals surface area contributed by atoms with Gasteiger partial charge in [-0.1, -0.05) is 63.2 Å². The normalized spacial score (nSPS) is 15.9. The first-order valence-corrected chi connectivity index (χ1v) is 11.7. The van der Waals surface area contributed by atoms with Crippen molar-refractivity contribution in [2.75, 3.05) is 18.5 Å². The molecule has 0 spiro atoms. The molecule has 0 saturated heterocycles. The summed E-state index contributed by atoms with van der Waals surface area (Å²) in [6.07, 6.45) is 1.05. The van der Waals surface area contributed by atoms with E-state index in [1.165, 1.54) is 0 Å². The predicted octanol–water partition coefficient (Wildman–Crippen LogP) is 4.82. The molecule has 1 heterocycles. The van der Waals surface area contributed by atoms with Crippen molar-refractivity contribution in [2.45, 2.75) is 46.6 Å². The van der Waals surface area contributed by atoms with Gasteiger partial charge in [-0.2, -0.15) is 0 Å². The molecular formula is C27H33N3O4. The molecule has 2 aromatic rings. The summed E-state index contributed by atoms with van der Waals surface area (Å²) in [7, 11) is 0. The third-order valence-corrected chi connectivity index (χ3v) is 5.55. The second kappa shape index (κ2) is 11.5. The average Bonchev–Trinajstić information content (AvgIpc) is 2.81. The van der Waals surface area contributed by atoms with Gasteiger partial charge in [0.05, 0.1) is 24.6 Å². The SMILES string of the molecule is CCCN1C(=O)NC(c2ccc(NC(=O)Cc3ccccc3)cc2)C(C(=O)OCC(C)C)=C1C. The minimum Gasteiger partial charge on any atom is -0.462 e. The van der Waals surface area contributed by atoms with Crippen molar-refractivity contribution >= 4 is 23.6 Å². The van der Waals surface area contributed by atoms with E-state index in [1.807, 2.05) is 63.2 Å². The Kier molecular flexibility index (Phi) is 8.46. The highest BCUT2D eigenvalue weighted by molar-refractivity contribution is 5.95. The van der Waals surface area contributed by atoms with E-state index in [-0.39, 0.29) is 24.3 Å². The standard InChI is InChI=1S/C27H33N3O4/c1-5-15-30-19(4)24(26(32)34-17-18(2)3)25(29-27(30)33)21-11-13-22(14-12-21)28-23(31)16-20-9-7-6-8-10-20/h6-14,18,25H,5,15-17H2,1-4H3,(H,28,31)(H,29,33). The van der Waals surface area contributed by atoms with Gasteiger partial charge >= 0.3 is 12.0 Å². The lowest BCUT2D eigenvalue weighted by Crippen LogP contribution is -2.48. The van der Waals surface area contributed by atoms with Crippen molar-refractivity contribution in [2.24, 2.45) is 5.92 Å². The zero-order valence-electron chi connectivity index (χ0n) is 20.3. The Morgan fingerprint density at radius 1 is 1.09 bits per heavy atom. The van der Waals surface area contributed by atoms with Crippen LogP contribution in [0.5, 0.6) is 0 Å². The second-order valence-corrected chi connectivity index (χ2v) is 8.86. The van der Waals surface area contributed by atoms with Gasteiger partial charge in [0.25, 0.3) is 0 Å². The van der Waals surface area contributed by atoms with Gasteiger partial charge in [0.15, 0.2) is 0 Å². The lowest BCUT2D eigenvalue weighted by Gasteiger charge is -2.35. The Hall–Kier alpha value is -3.61. The molecule has 0 saturated carbocycles. The van der Waals surface area contributed by atoms with Gasteiger partial charge in [0.1, 0.15) is 0 Å². The quantitative estimate of drug-likeness (QED) is 0.522. The van der Waals surface area contributed by atoms with Crippen LogP contribution < -0.4 is 10.6 Å². The van der Waals surface area contributed by atoms with Crippen molar-refractivity contribution in [3.8, 4) is 0 Å². The highest BCUT2D eigenvalue weighted by Gasteiger charge is 2.36. The van der Waals surface area contributed by atoms with E-state index in [2.05, 4.69) is 10.6 Å². The molecule has 34 heavy (non-hydrogen) atoms. The maximum atomic E-state index is 13.0. The van der Waals surface area contributed by atoms with Crippen LogP contribution in [0.4, 0.5) is 10.5 Å². The fraction of sp³-hybridized carbons (Fsp3) is 0.370. The summed E-state index contributed by atoms with van der Waals surface area (Å²) in [4.78, 5) is 39.8. The van der Waals surface area contributed by atoms with Crippen LogP contribution >= 0.6 is 0 Å². The summed E-state index contributed by atoms with van der Waals surface area (Å²) in [5, 5.41) is 5.84. The highest BCUT2D eigenvalue weighted by atomic mass is 16.5. The monoisotopic (exact) mass is 463 g/mol. The molecule has 0 radical (unpaired) electrons. The molecule has 1 aliphatic rings. The van der Waals surface area contributed by atoms with Crippen LogP contribution in [0.25, 0.3) is 0 Å². The largest absolute Gasteiger partial charge is 0.462 e. The van der Waals surface area contributed by atoms with Crippen molar-refractivity contribution in [1.82, 2.24) is 10.2 Å². The third kappa shape index (κ3) is 6.25. The molecule has 7 nitrogen and oxygen atoms in total. The number of nitrogens with zero attached hydrogens (tertiary/aromatic N) is 1. The van der Waals surface area contributed by atoms with E-state index >= 15 is 0 Å². The van der Waals surface area contributed by atoms with Gasteiger partial charge in [-0.15, -0.1) is 0 Å². The number of carbonyl (C=O) groups excluding carboxylic acids is 3. The molecule has 0 fully saturated rings. The minimum absolute atomic E-state index is 0.117. The molecule has 3 amide bonds. The fourth-order valence-electron chi connectivity index (χ4n) is 3.85. The minimum atomic E-state index is -0.630. The maximum Gasteiger partial charge on any atom is 0.338 e. The van der Waals surface area contributed by atoms with Crippen LogP contribution in [0.15, 0.2) is 65.9 Å². The number of carbonyl (C=O) groups is 3. The topological polar surface area (TPSA) is 87.7 Å². The molecular weight excluding hydrogens is 430 g/mol. The Morgan fingerprint density at radius 3 is 2.38 bits per heavy atom. The summed E-state index contributed by atoms with van der Waals surface area (Å²) >= 11 is 0. The number of urea groups is 1. The van der Waals surface area contributed by atoms with Crippen molar-refractivity contribution in [3.63, 3.8) is 0 Å². The number of esters is 1. The van der Waals surface area contributed by atoms with Crippen molar-refractivity contribution in [3.05, 3.63) is 77.0 Å². The van der Waals surface area contributed by atoms with Crippen LogP contribution in [0.2, 0.25) is 0 Å². The van der Waals surface area contributed by atoms with Gasteiger partial charge in [0.2, 0.25) is 5.91 Å². The molecule has 2 N–H and O–H groups in total. The first kappa shape index (κ1) is 25.0. The average molecular weight is 464 g/mol. The van der Waals surface area contributed by atoms with Crippen molar-refractivity contribution in [1.29, 1.82) is 0 Å². The molecule has 1 atom stereocenters. The van der Waals surface area contributed by atoms with Crippen LogP contribution in [0, 0.1) is 5.92 Å². The van der Waals surface area contributed by atoms with Gasteiger partial charge in [-0.3, -0.25) is 9.69 Å². The molecule has 2 aromatic carbocycles. The number of hydrogen-bond acceptors (Lipinski definition) is 4. The highest BCUT2D eigenvalue weighted by Crippen LogP contribution is 2.32. The number of benzene rings is 2. The number of nitrogens with one attached hydrogen (secondary N) is 2. The smallest absolute Gasteiger partial charge is 0.338 e. The summed E-state index contributed by atoms with van der Waals surface area (Å²) in [6.45, 7) is 8.53. The molecule has 1 aliphatic heterocycles. The molecule has 1 unspecified atom stereocenters. The van der Waals surface area contributed by atoms with Gasteiger partial charge in [-0.25, -0.2) is 9.59 Å². The first-order valence-electron chi connectivity index (χ1n) is 11.7. The zero-order valence-corrected chi connectivity index (χ0v) is 20.3. The number of amides is 3. The zero-order chi connectivity index (χ0) is 24.7. The third-order valence-electron chi connectivity index (χ3n) is 5.55. The lowest BCUT2D eigenvalue weighted by atomic mass is 9.94. The predicted molar refractivity (Wildman–Crippen MR) is 132 cm³/mol. The van der Waals surface area contributed by atoms with E-state index in [9.17, 15) is 14.4 Å². The van der Waals surface area contributed by atoms with E-state index in [0.717, 1.165) is 17.5 Å². The Morgan fingerprint density at radius 2 is 1.76 bits per heavy atom. The van der Waals surface area contributed by atoms with Gasteiger partial charge in [-0.05, 0) is 42.5 Å². The number of hydrogen-bond donors (Lipinski definition) is 2. The lowest BCUT2D eigenvalue weighted by molar-refractivity contribution is -0.140. The van der Waals surface area contributed by atoms with Gasteiger partial charge in [0, 0.05) is 17.9 Å². The molecule has 3 rings (SSSR count). The summed E-state index contributed by atoms with van der Waals surface area (Å²) in [6, 6.07) is 15.8. The molecule has 0 aromatic heterocycles. The number of rotatable bonds is 9. The summed E-state index contributed by atoms with van der Waals surface area (Å²) in [5.74, 6) is -0.349. The second-order valence-electron chi connectivity index (χ2n) is 8.86. The molecule has 0 aliphatic carbocycles. The van der Waals surface area contributed by atoms with Crippen molar-refractivity contribution < 1.29 is 19.1 Å². The van der Waals surface area contributed by atoms with Crippen LogP contribution in [-0.2, 0) is 20.7 Å². The Balaban J connectivity index is 1.80. The molecule has 180 valence electrons. The maximum absolute atomic E-state index is 13.0. The summed E-state index contributed by atoms with van der Waals surface area (Å²) in [5.41, 5.74) is 3.34. The van der Waals surface area contributed by atoms with E-state index < -0.39 is 12.0 Å².